The van der Waals surface area contributed by atoms with Crippen LogP contribution in [0, 0.1) is 5.92 Å². The van der Waals surface area contributed by atoms with Crippen molar-refractivity contribution in [3.05, 3.63) is 120 Å². The van der Waals surface area contributed by atoms with Gasteiger partial charge in [0.2, 0.25) is 17.7 Å². The van der Waals surface area contributed by atoms with Crippen molar-refractivity contribution in [2.24, 2.45) is 11.7 Å². The van der Waals surface area contributed by atoms with Crippen LogP contribution in [-0.4, -0.2) is 69.2 Å². The van der Waals surface area contributed by atoms with Crippen molar-refractivity contribution in [1.29, 1.82) is 0 Å². The van der Waals surface area contributed by atoms with E-state index >= 15 is 0 Å². The molecule has 4 rings (SSSR count). The molecular weight excluding hydrogens is 727 g/mol. The average molecular weight is 782 g/mol. The first-order chi connectivity index (χ1) is 27.3. The fraction of sp³-hybridized carbons (Fsp3) is 0.364. The number of hydrogen-bond donors (Lipinski definition) is 5. The Bertz CT molecular complexity index is 1950. The second kappa shape index (κ2) is 23.1. The highest BCUT2D eigenvalue weighted by Crippen LogP contribution is 2.31. The fourth-order valence-electron chi connectivity index (χ4n) is 6.09. The summed E-state index contributed by atoms with van der Waals surface area (Å²) in [5.41, 5.74) is 6.77. The van der Waals surface area contributed by atoms with Gasteiger partial charge >= 0.3 is 12.1 Å². The number of amides is 4. The number of aliphatic hydroxyl groups is 1. The van der Waals surface area contributed by atoms with Crippen molar-refractivity contribution >= 4 is 46.2 Å². The molecule has 1 aromatic heterocycles. The maximum absolute atomic E-state index is 14.4. The molecule has 4 amide bonds. The van der Waals surface area contributed by atoms with Gasteiger partial charge in [0.15, 0.2) is 0 Å². The Labute approximate surface area is 334 Å². The molecule has 1 heterocycles. The van der Waals surface area contributed by atoms with Crippen molar-refractivity contribution in [3.8, 4) is 0 Å². The van der Waals surface area contributed by atoms with Gasteiger partial charge in [0.25, 0.3) is 0 Å². The Morgan fingerprint density at radius 2 is 1.53 bits per heavy atom. The van der Waals surface area contributed by atoms with E-state index in [9.17, 15) is 34.2 Å². The van der Waals surface area contributed by atoms with Crippen LogP contribution < -0.4 is 21.3 Å². The van der Waals surface area contributed by atoms with Gasteiger partial charge in [-0.1, -0.05) is 107 Å². The molecule has 4 atom stereocenters. The van der Waals surface area contributed by atoms with Gasteiger partial charge in [-0.25, -0.2) is 9.59 Å². The quantitative estimate of drug-likeness (QED) is 0.0695. The van der Waals surface area contributed by atoms with Crippen LogP contribution in [0.5, 0.6) is 0 Å². The summed E-state index contributed by atoms with van der Waals surface area (Å²) in [6.07, 6.45) is 4.53. The molecule has 0 aliphatic rings. The summed E-state index contributed by atoms with van der Waals surface area (Å²) in [6, 6.07) is 22.5. The molecule has 57 heavy (non-hydrogen) atoms. The number of carbonyl (C=O) groups excluding carboxylic acids is 4. The smallest absolute Gasteiger partial charge is 0.408 e. The molecule has 0 bridgehead atoms. The first kappa shape index (κ1) is 45.3. The Morgan fingerprint density at radius 1 is 0.877 bits per heavy atom. The number of aliphatic hydroxyl groups excluding tert-OH is 1. The van der Waals surface area contributed by atoms with Crippen molar-refractivity contribution in [2.45, 2.75) is 97.6 Å². The summed E-state index contributed by atoms with van der Waals surface area (Å²) >= 11 is 0. The lowest BCUT2D eigenvalue weighted by molar-refractivity contribution is -0.132. The Kier molecular flexibility index (Phi) is 18.4. The fourth-order valence-corrected chi connectivity index (χ4v) is 6.09. The number of carboxylic acids is 1. The Morgan fingerprint density at radius 3 is 2.12 bits per heavy atom. The van der Waals surface area contributed by atoms with Crippen molar-refractivity contribution in [3.63, 3.8) is 0 Å². The summed E-state index contributed by atoms with van der Waals surface area (Å²) in [5.74, 6) is -2.50. The molecule has 0 saturated heterocycles. The summed E-state index contributed by atoms with van der Waals surface area (Å²) < 4.78 is 5.38. The van der Waals surface area contributed by atoms with Gasteiger partial charge < -0.3 is 31.3 Å². The number of anilines is 1. The SMILES string of the molecule is CCCC[C@@H](C(=O)N[C@@H](CC(C)C)[C@@H](O)/C=C(\CC)C(=O)O)N(C(=O)[C@H](C)NC(=O)OCc1ccccc1)c1cccc2ccccc12.NC(=O)c1ccncc1. The molecule has 6 N–H and O–H groups in total. The minimum atomic E-state index is -1.27. The largest absolute Gasteiger partial charge is 0.478 e. The van der Waals surface area contributed by atoms with Crippen molar-refractivity contribution in [1.82, 2.24) is 15.6 Å². The summed E-state index contributed by atoms with van der Waals surface area (Å²) in [6.45, 7) is 9.13. The van der Waals surface area contributed by atoms with E-state index in [1.54, 1.807) is 32.0 Å². The highest BCUT2D eigenvalue weighted by Gasteiger charge is 2.36. The number of hydrogen-bond acceptors (Lipinski definition) is 8. The van der Waals surface area contributed by atoms with Crippen LogP contribution in [0.15, 0.2) is 109 Å². The van der Waals surface area contributed by atoms with Crippen molar-refractivity contribution < 1.29 is 38.9 Å². The standard InChI is InChI=1S/C38H49N3O7.C6H6N2O/c1-6-8-20-33(35(43)40-31(22-25(3)4)34(42)23-28(7-2)37(45)46)41(32-21-14-18-29-17-12-13-19-30(29)32)36(44)26(5)39-38(47)48-24-27-15-10-9-11-16-27;7-6(9)5-1-3-8-4-2-5/h9-19,21,23,25-26,31,33-34,42H,6-8,20,22,24H2,1-5H3,(H,39,47)(H,40,43)(H,45,46);1-4H,(H2,7,9)/b28-23+;/t26-,31-,33-,34-;/m0./s1. The zero-order chi connectivity index (χ0) is 41.9. The van der Waals surface area contributed by atoms with Gasteiger partial charge in [-0.15, -0.1) is 0 Å². The number of alkyl carbamates (subject to hydrolysis) is 1. The van der Waals surface area contributed by atoms with Crippen molar-refractivity contribution in [2.75, 3.05) is 4.90 Å². The monoisotopic (exact) mass is 781 g/mol. The zero-order valence-corrected chi connectivity index (χ0v) is 33.3. The number of benzene rings is 3. The van der Waals surface area contributed by atoms with Crippen LogP contribution in [-0.2, 0) is 25.7 Å². The van der Waals surface area contributed by atoms with Crippen LogP contribution in [0.1, 0.15) is 82.6 Å². The third-order valence-corrected chi connectivity index (χ3v) is 9.08. The number of primary amides is 1. The Balaban J connectivity index is 0.000000847. The summed E-state index contributed by atoms with van der Waals surface area (Å²) in [4.78, 5) is 68.8. The molecule has 13 heteroatoms. The number of carboxylic acid groups (broad SMARTS) is 1. The lowest BCUT2D eigenvalue weighted by Gasteiger charge is -2.35. The Hall–Kier alpha value is -6.08. The predicted octanol–water partition coefficient (Wildman–Crippen LogP) is 6.54. The molecule has 0 unspecified atom stereocenters. The van der Waals surface area contributed by atoms with Gasteiger partial charge in [-0.05, 0) is 67.3 Å². The minimum Gasteiger partial charge on any atom is -0.478 e. The van der Waals surface area contributed by atoms with Gasteiger partial charge in [0.05, 0.1) is 17.8 Å². The lowest BCUT2D eigenvalue weighted by Crippen LogP contribution is -2.57. The number of nitrogens with two attached hydrogens (primary N) is 1. The number of nitrogens with zero attached hydrogens (tertiary/aromatic N) is 2. The maximum Gasteiger partial charge on any atom is 0.408 e. The zero-order valence-electron chi connectivity index (χ0n) is 33.3. The maximum atomic E-state index is 14.4. The first-order valence-corrected chi connectivity index (χ1v) is 19.2. The van der Waals surface area contributed by atoms with E-state index < -0.39 is 54.0 Å². The molecule has 0 fully saturated rings. The number of carbonyl (C=O) groups is 5. The molecule has 0 aliphatic heterocycles. The van der Waals surface area contributed by atoms with Crippen LogP contribution in [0.4, 0.5) is 10.5 Å². The number of fused-ring (bicyclic) bond motifs is 1. The van der Waals surface area contributed by atoms with E-state index in [4.69, 9.17) is 10.5 Å². The molecule has 0 spiro atoms. The van der Waals surface area contributed by atoms with Gasteiger partial charge in [0.1, 0.15) is 18.7 Å². The average Bonchev–Trinajstić information content (AvgIpc) is 3.20. The van der Waals surface area contributed by atoms with Crippen LogP contribution in [0.3, 0.4) is 0 Å². The topological polar surface area (TPSA) is 201 Å². The number of ether oxygens (including phenoxy) is 1. The highest BCUT2D eigenvalue weighted by molar-refractivity contribution is 6.09. The summed E-state index contributed by atoms with van der Waals surface area (Å²) in [5, 5.41) is 27.9. The molecule has 0 aliphatic carbocycles. The van der Waals surface area contributed by atoms with Crippen LogP contribution in [0.25, 0.3) is 10.8 Å². The van der Waals surface area contributed by atoms with Crippen LogP contribution >= 0.6 is 0 Å². The molecule has 13 nitrogen and oxygen atoms in total. The number of unbranched alkanes of at least 4 members (excludes halogenated alkanes) is 1. The normalized spacial score (nSPS) is 13.3. The third kappa shape index (κ3) is 14.2. The highest BCUT2D eigenvalue weighted by atomic mass is 16.5. The van der Waals surface area contributed by atoms with E-state index in [-0.39, 0.29) is 24.5 Å². The van der Waals surface area contributed by atoms with Gasteiger partial charge in [-0.3, -0.25) is 24.3 Å². The van der Waals surface area contributed by atoms with Crippen LogP contribution in [0.2, 0.25) is 0 Å². The number of nitrogens with one attached hydrogen (secondary N) is 2. The summed E-state index contributed by atoms with van der Waals surface area (Å²) in [7, 11) is 0. The van der Waals surface area contributed by atoms with E-state index in [1.165, 1.54) is 23.4 Å². The molecule has 0 saturated carbocycles. The molecule has 3 aromatic carbocycles. The number of pyridine rings is 1. The molecule has 304 valence electrons. The molecular formula is C44H55N5O8. The minimum absolute atomic E-state index is 0.0256. The van der Waals surface area contributed by atoms with E-state index in [1.807, 2.05) is 87.5 Å². The van der Waals surface area contributed by atoms with Gasteiger partial charge in [0, 0.05) is 28.9 Å². The van der Waals surface area contributed by atoms with Gasteiger partial charge in [-0.2, -0.15) is 0 Å². The number of aromatic nitrogens is 1. The van der Waals surface area contributed by atoms with E-state index in [2.05, 4.69) is 15.6 Å². The molecule has 0 radical (unpaired) electrons. The van der Waals surface area contributed by atoms with E-state index in [0.717, 1.165) is 22.8 Å². The predicted molar refractivity (Wildman–Crippen MR) is 220 cm³/mol. The van der Waals surface area contributed by atoms with E-state index in [0.29, 0.717) is 30.5 Å². The number of aliphatic carboxylic acids is 1. The lowest BCUT2D eigenvalue weighted by atomic mass is 9.95. The second-order valence-corrected chi connectivity index (χ2v) is 14.0. The first-order valence-electron chi connectivity index (χ1n) is 19.2. The second-order valence-electron chi connectivity index (χ2n) is 14.0. The molecule has 4 aromatic rings. The number of rotatable bonds is 18. The third-order valence-electron chi connectivity index (χ3n) is 9.08.